The zero-order valence-corrected chi connectivity index (χ0v) is 13.8. The molecule has 1 saturated heterocycles. The van der Waals surface area contributed by atoms with E-state index in [1.54, 1.807) is 11.1 Å². The normalized spacial score (nSPS) is 33.7. The summed E-state index contributed by atoms with van der Waals surface area (Å²) in [4.78, 5) is 2.79. The Morgan fingerprint density at radius 2 is 1.90 bits per heavy atom. The van der Waals surface area contributed by atoms with Crippen LogP contribution in [-0.4, -0.2) is 30.1 Å². The lowest BCUT2D eigenvalue weighted by atomic mass is 9.76. The monoisotopic (exact) mass is 286 g/mol. The van der Waals surface area contributed by atoms with Crippen LogP contribution in [0.4, 0.5) is 0 Å². The fourth-order valence-electron chi connectivity index (χ4n) is 4.48. The maximum absolute atomic E-state index is 3.79. The smallest absolute Gasteiger partial charge is 0.0481 e. The van der Waals surface area contributed by atoms with Crippen molar-refractivity contribution in [1.29, 1.82) is 0 Å². The molecule has 1 heterocycles. The molecule has 2 heteroatoms. The van der Waals surface area contributed by atoms with E-state index in [0.29, 0.717) is 18.0 Å². The number of nitrogens with zero attached hydrogens (tertiary/aromatic N) is 1. The van der Waals surface area contributed by atoms with E-state index in [9.17, 15) is 0 Å². The van der Waals surface area contributed by atoms with E-state index in [1.807, 2.05) is 0 Å². The van der Waals surface area contributed by atoms with Crippen molar-refractivity contribution in [3.63, 3.8) is 0 Å². The Labute approximate surface area is 129 Å². The molecule has 0 aromatic heterocycles. The molecule has 0 radical (unpaired) electrons. The van der Waals surface area contributed by atoms with Crippen molar-refractivity contribution in [2.45, 2.75) is 70.5 Å². The summed E-state index contributed by atoms with van der Waals surface area (Å²) in [5, 5.41) is 3.79. The van der Waals surface area contributed by atoms with Crippen LogP contribution in [0.15, 0.2) is 24.3 Å². The molecule has 1 aromatic rings. The second kappa shape index (κ2) is 6.50. The fraction of sp³-hybridized carbons (Fsp3) is 0.684. The molecule has 0 saturated carbocycles. The minimum absolute atomic E-state index is 0.503. The van der Waals surface area contributed by atoms with Crippen molar-refractivity contribution in [2.75, 3.05) is 13.1 Å². The van der Waals surface area contributed by atoms with Crippen LogP contribution in [0.2, 0.25) is 0 Å². The van der Waals surface area contributed by atoms with Gasteiger partial charge in [0.15, 0.2) is 0 Å². The van der Waals surface area contributed by atoms with Crippen LogP contribution < -0.4 is 5.32 Å². The SMILES string of the molecule is CCNC1c2ccccc2C(C)CC1N1CCCCC1C. The van der Waals surface area contributed by atoms with Crippen LogP contribution in [0, 0.1) is 0 Å². The van der Waals surface area contributed by atoms with Crippen LogP contribution in [0.3, 0.4) is 0 Å². The van der Waals surface area contributed by atoms with Crippen LogP contribution in [0.5, 0.6) is 0 Å². The molecule has 1 aliphatic heterocycles. The molecule has 116 valence electrons. The fourth-order valence-corrected chi connectivity index (χ4v) is 4.48. The summed E-state index contributed by atoms with van der Waals surface area (Å²) in [6, 6.07) is 11.0. The summed E-state index contributed by atoms with van der Waals surface area (Å²) in [7, 11) is 0. The molecular weight excluding hydrogens is 256 g/mol. The van der Waals surface area contributed by atoms with Gasteiger partial charge in [0.05, 0.1) is 0 Å². The average Bonchev–Trinajstić information content (AvgIpc) is 2.51. The van der Waals surface area contributed by atoms with Gasteiger partial charge in [0.2, 0.25) is 0 Å². The van der Waals surface area contributed by atoms with Gasteiger partial charge in [-0.15, -0.1) is 0 Å². The Morgan fingerprint density at radius 3 is 2.62 bits per heavy atom. The van der Waals surface area contributed by atoms with Crippen LogP contribution in [0.25, 0.3) is 0 Å². The molecule has 3 rings (SSSR count). The Bertz CT molecular complexity index is 470. The molecule has 4 atom stereocenters. The molecule has 2 nitrogen and oxygen atoms in total. The quantitative estimate of drug-likeness (QED) is 0.900. The third-order valence-electron chi connectivity index (χ3n) is 5.55. The molecule has 2 aliphatic rings. The maximum Gasteiger partial charge on any atom is 0.0481 e. The number of rotatable bonds is 3. The first-order chi connectivity index (χ1) is 10.2. The highest BCUT2D eigenvalue weighted by Crippen LogP contribution is 2.41. The largest absolute Gasteiger partial charge is 0.309 e. The van der Waals surface area contributed by atoms with Crippen molar-refractivity contribution >= 4 is 0 Å². The van der Waals surface area contributed by atoms with Gasteiger partial charge in [-0.05, 0) is 56.3 Å². The van der Waals surface area contributed by atoms with Gasteiger partial charge in [-0.25, -0.2) is 0 Å². The topological polar surface area (TPSA) is 15.3 Å². The van der Waals surface area contributed by atoms with E-state index < -0.39 is 0 Å². The van der Waals surface area contributed by atoms with Crippen molar-refractivity contribution in [1.82, 2.24) is 10.2 Å². The molecule has 1 fully saturated rings. The molecule has 0 amide bonds. The Hall–Kier alpha value is -0.860. The highest BCUT2D eigenvalue weighted by Gasteiger charge is 2.38. The number of hydrogen-bond acceptors (Lipinski definition) is 2. The third kappa shape index (κ3) is 2.89. The van der Waals surface area contributed by atoms with Gasteiger partial charge in [0.25, 0.3) is 0 Å². The van der Waals surface area contributed by atoms with Crippen molar-refractivity contribution in [3.8, 4) is 0 Å². The molecule has 1 aliphatic carbocycles. The molecule has 21 heavy (non-hydrogen) atoms. The van der Waals surface area contributed by atoms with Gasteiger partial charge in [-0.2, -0.15) is 0 Å². The van der Waals surface area contributed by atoms with E-state index in [2.05, 4.69) is 55.3 Å². The number of benzene rings is 1. The van der Waals surface area contributed by atoms with Crippen molar-refractivity contribution in [3.05, 3.63) is 35.4 Å². The van der Waals surface area contributed by atoms with Crippen molar-refractivity contribution in [2.24, 2.45) is 0 Å². The molecule has 1 aromatic carbocycles. The van der Waals surface area contributed by atoms with Gasteiger partial charge in [-0.3, -0.25) is 4.90 Å². The maximum atomic E-state index is 3.79. The molecular formula is C19H30N2. The number of piperidine rings is 1. The third-order valence-corrected chi connectivity index (χ3v) is 5.55. The minimum Gasteiger partial charge on any atom is -0.309 e. The number of fused-ring (bicyclic) bond motifs is 1. The molecule has 1 N–H and O–H groups in total. The second-order valence-corrected chi connectivity index (χ2v) is 6.95. The summed E-state index contributed by atoms with van der Waals surface area (Å²) in [5.74, 6) is 0.676. The minimum atomic E-state index is 0.503. The first-order valence-corrected chi connectivity index (χ1v) is 8.80. The van der Waals surface area contributed by atoms with E-state index >= 15 is 0 Å². The Balaban J connectivity index is 1.93. The first-order valence-electron chi connectivity index (χ1n) is 8.80. The number of likely N-dealkylation sites (N-methyl/N-ethyl adjacent to an activating group) is 1. The van der Waals surface area contributed by atoms with Crippen LogP contribution in [0.1, 0.15) is 69.5 Å². The lowest BCUT2D eigenvalue weighted by Gasteiger charge is -2.47. The van der Waals surface area contributed by atoms with E-state index in [-0.39, 0.29) is 0 Å². The van der Waals surface area contributed by atoms with E-state index in [1.165, 1.54) is 32.2 Å². The van der Waals surface area contributed by atoms with Crippen LogP contribution in [-0.2, 0) is 0 Å². The van der Waals surface area contributed by atoms with Gasteiger partial charge in [0, 0.05) is 18.1 Å². The summed E-state index contributed by atoms with van der Waals surface area (Å²) >= 11 is 0. The lowest BCUT2D eigenvalue weighted by molar-refractivity contribution is 0.0665. The Morgan fingerprint density at radius 1 is 1.14 bits per heavy atom. The summed E-state index contributed by atoms with van der Waals surface area (Å²) < 4.78 is 0. The highest BCUT2D eigenvalue weighted by atomic mass is 15.2. The number of likely N-dealkylation sites (tertiary alicyclic amines) is 1. The standard InChI is InChI=1S/C19H30N2/c1-4-20-19-17-11-6-5-10-16(17)14(2)13-18(19)21-12-8-7-9-15(21)3/h5-6,10-11,14-15,18-20H,4,7-9,12-13H2,1-3H3. The summed E-state index contributed by atoms with van der Waals surface area (Å²) in [5.41, 5.74) is 3.10. The molecule has 4 unspecified atom stereocenters. The first kappa shape index (κ1) is 15.1. The van der Waals surface area contributed by atoms with Crippen molar-refractivity contribution < 1.29 is 0 Å². The average molecular weight is 286 g/mol. The predicted molar refractivity (Wildman–Crippen MR) is 89.7 cm³/mol. The predicted octanol–water partition coefficient (Wildman–Crippen LogP) is 4.09. The highest BCUT2D eigenvalue weighted by molar-refractivity contribution is 5.37. The zero-order valence-electron chi connectivity index (χ0n) is 13.8. The molecule has 0 spiro atoms. The zero-order chi connectivity index (χ0) is 14.8. The van der Waals surface area contributed by atoms with E-state index in [0.717, 1.165) is 12.6 Å². The molecule has 0 bridgehead atoms. The van der Waals surface area contributed by atoms with Gasteiger partial charge in [0.1, 0.15) is 0 Å². The van der Waals surface area contributed by atoms with Gasteiger partial charge < -0.3 is 5.32 Å². The van der Waals surface area contributed by atoms with Gasteiger partial charge in [-0.1, -0.05) is 44.5 Å². The summed E-state index contributed by atoms with van der Waals surface area (Å²) in [6.07, 6.45) is 5.43. The van der Waals surface area contributed by atoms with Crippen LogP contribution >= 0.6 is 0 Å². The number of hydrogen-bond donors (Lipinski definition) is 1. The Kier molecular flexibility index (Phi) is 4.66. The number of nitrogens with one attached hydrogen (secondary N) is 1. The van der Waals surface area contributed by atoms with E-state index in [4.69, 9.17) is 0 Å². The summed E-state index contributed by atoms with van der Waals surface area (Å²) in [6.45, 7) is 9.39. The lowest BCUT2D eigenvalue weighted by Crippen LogP contribution is -2.52. The second-order valence-electron chi connectivity index (χ2n) is 6.95. The van der Waals surface area contributed by atoms with Gasteiger partial charge >= 0.3 is 0 Å².